The van der Waals surface area contributed by atoms with Crippen molar-refractivity contribution in [2.45, 2.75) is 0 Å². The number of ether oxygens (including phenoxy) is 1. The fourth-order valence-corrected chi connectivity index (χ4v) is 2.28. The number of carbonyl (C=O) groups is 1. The van der Waals surface area contributed by atoms with Gasteiger partial charge in [-0.1, -0.05) is 24.3 Å². The minimum absolute atomic E-state index is 0.332. The van der Waals surface area contributed by atoms with Gasteiger partial charge in [-0.3, -0.25) is 4.79 Å². The fourth-order valence-electron chi connectivity index (χ4n) is 2.28. The van der Waals surface area contributed by atoms with E-state index in [-0.39, 0.29) is 5.91 Å². The molecule has 0 saturated heterocycles. The van der Waals surface area contributed by atoms with Crippen molar-refractivity contribution in [1.29, 1.82) is 0 Å². The molecule has 2 aromatic carbocycles. The SMILES string of the molecule is COc1ccc(/C=C/C(=O)Nc2cc(=O)oc3ccccc23)cc1. The van der Waals surface area contributed by atoms with Crippen molar-refractivity contribution in [3.05, 3.63) is 76.7 Å². The molecule has 5 nitrogen and oxygen atoms in total. The molecule has 0 fully saturated rings. The normalized spacial score (nSPS) is 10.9. The molecular formula is C19H15NO4. The van der Waals surface area contributed by atoms with Crippen molar-refractivity contribution >= 4 is 28.6 Å². The van der Waals surface area contributed by atoms with Crippen molar-refractivity contribution in [3.8, 4) is 5.75 Å². The lowest BCUT2D eigenvalue weighted by atomic mass is 10.2. The van der Waals surface area contributed by atoms with Gasteiger partial charge in [0.15, 0.2) is 0 Å². The molecule has 5 heteroatoms. The molecule has 0 aliphatic heterocycles. The lowest BCUT2D eigenvalue weighted by Crippen LogP contribution is -2.10. The molecule has 1 heterocycles. The molecule has 0 aliphatic rings. The summed E-state index contributed by atoms with van der Waals surface area (Å²) in [7, 11) is 1.60. The first kappa shape index (κ1) is 15.6. The number of fused-ring (bicyclic) bond motifs is 1. The minimum atomic E-state index is -0.511. The predicted molar refractivity (Wildman–Crippen MR) is 93.1 cm³/mol. The van der Waals surface area contributed by atoms with Crippen LogP contribution in [0.25, 0.3) is 17.0 Å². The first-order valence-corrected chi connectivity index (χ1v) is 7.32. The van der Waals surface area contributed by atoms with Gasteiger partial charge >= 0.3 is 5.63 Å². The maximum absolute atomic E-state index is 12.1. The van der Waals surface area contributed by atoms with Crippen LogP contribution >= 0.6 is 0 Å². The zero-order valence-electron chi connectivity index (χ0n) is 13.0. The average molecular weight is 321 g/mol. The number of para-hydroxylation sites is 1. The number of anilines is 1. The van der Waals surface area contributed by atoms with E-state index in [1.807, 2.05) is 30.3 Å². The quantitative estimate of drug-likeness (QED) is 0.590. The summed E-state index contributed by atoms with van der Waals surface area (Å²) in [6.07, 6.45) is 3.09. The highest BCUT2D eigenvalue weighted by molar-refractivity contribution is 6.06. The van der Waals surface area contributed by atoms with Gasteiger partial charge in [0.25, 0.3) is 0 Å². The van der Waals surface area contributed by atoms with Crippen LogP contribution in [0.15, 0.2) is 69.9 Å². The third kappa shape index (κ3) is 3.52. The maximum Gasteiger partial charge on any atom is 0.338 e. The Balaban J connectivity index is 1.79. The van der Waals surface area contributed by atoms with Crippen LogP contribution in [0.5, 0.6) is 5.75 Å². The minimum Gasteiger partial charge on any atom is -0.497 e. The molecule has 120 valence electrons. The van der Waals surface area contributed by atoms with Gasteiger partial charge in [0.05, 0.1) is 12.8 Å². The monoisotopic (exact) mass is 321 g/mol. The average Bonchev–Trinajstić information content (AvgIpc) is 2.60. The van der Waals surface area contributed by atoms with Gasteiger partial charge in [-0.2, -0.15) is 0 Å². The maximum atomic E-state index is 12.1. The summed E-state index contributed by atoms with van der Waals surface area (Å²) >= 11 is 0. The highest BCUT2D eigenvalue weighted by Crippen LogP contribution is 2.21. The zero-order chi connectivity index (χ0) is 16.9. The molecule has 0 atom stereocenters. The number of hydrogen-bond acceptors (Lipinski definition) is 4. The van der Waals surface area contributed by atoms with Gasteiger partial charge in [0.1, 0.15) is 11.3 Å². The first-order chi connectivity index (χ1) is 11.7. The Morgan fingerprint density at radius 3 is 2.62 bits per heavy atom. The number of amides is 1. The van der Waals surface area contributed by atoms with Gasteiger partial charge in [0, 0.05) is 17.5 Å². The Morgan fingerprint density at radius 1 is 1.12 bits per heavy atom. The Morgan fingerprint density at radius 2 is 1.88 bits per heavy atom. The van der Waals surface area contributed by atoms with Crippen LogP contribution in [0.2, 0.25) is 0 Å². The van der Waals surface area contributed by atoms with Crippen LogP contribution in [-0.4, -0.2) is 13.0 Å². The number of carbonyl (C=O) groups excluding carboxylic acids is 1. The van der Waals surface area contributed by atoms with Gasteiger partial charge in [-0.25, -0.2) is 4.79 Å². The van der Waals surface area contributed by atoms with E-state index in [4.69, 9.17) is 9.15 Å². The number of benzene rings is 2. The van der Waals surface area contributed by atoms with Crippen LogP contribution in [0.3, 0.4) is 0 Å². The van der Waals surface area contributed by atoms with Gasteiger partial charge in [-0.15, -0.1) is 0 Å². The zero-order valence-corrected chi connectivity index (χ0v) is 13.0. The summed E-state index contributed by atoms with van der Waals surface area (Å²) < 4.78 is 10.2. The van der Waals surface area contributed by atoms with Crippen molar-refractivity contribution in [2.75, 3.05) is 12.4 Å². The lowest BCUT2D eigenvalue weighted by molar-refractivity contribution is -0.111. The molecule has 0 aliphatic carbocycles. The molecule has 3 rings (SSSR count). The molecule has 1 aromatic heterocycles. The highest BCUT2D eigenvalue weighted by atomic mass is 16.5. The Labute approximate surface area is 138 Å². The Hall–Kier alpha value is -3.34. The number of methoxy groups -OCH3 is 1. The largest absolute Gasteiger partial charge is 0.497 e. The second-order valence-corrected chi connectivity index (χ2v) is 5.07. The molecule has 1 N–H and O–H groups in total. The van der Waals surface area contributed by atoms with Crippen molar-refractivity contribution in [3.63, 3.8) is 0 Å². The van der Waals surface area contributed by atoms with Crippen molar-refractivity contribution in [1.82, 2.24) is 0 Å². The van der Waals surface area contributed by atoms with E-state index in [0.29, 0.717) is 16.7 Å². The van der Waals surface area contributed by atoms with E-state index in [2.05, 4.69) is 5.32 Å². The standard InChI is InChI=1S/C19H15NO4/c1-23-14-9-6-13(7-10-14)8-11-18(21)20-16-12-19(22)24-17-5-3-2-4-15(16)17/h2-12H,1H3,(H,20,21)/b11-8+. The molecular weight excluding hydrogens is 306 g/mol. The fraction of sp³-hybridized carbons (Fsp3) is 0.0526. The van der Waals surface area contributed by atoms with Crippen LogP contribution in [0.1, 0.15) is 5.56 Å². The second kappa shape index (κ2) is 6.83. The van der Waals surface area contributed by atoms with Crippen LogP contribution in [-0.2, 0) is 4.79 Å². The third-order valence-corrected chi connectivity index (χ3v) is 3.45. The van der Waals surface area contributed by atoms with Crippen LogP contribution in [0, 0.1) is 0 Å². The van der Waals surface area contributed by atoms with Gasteiger partial charge in [0.2, 0.25) is 5.91 Å². The molecule has 24 heavy (non-hydrogen) atoms. The summed E-state index contributed by atoms with van der Waals surface area (Å²) in [4.78, 5) is 23.7. The first-order valence-electron chi connectivity index (χ1n) is 7.32. The van der Waals surface area contributed by atoms with E-state index in [0.717, 1.165) is 11.3 Å². The predicted octanol–water partition coefficient (Wildman–Crippen LogP) is 3.45. The molecule has 1 amide bonds. The van der Waals surface area contributed by atoms with E-state index in [1.165, 1.54) is 12.1 Å². The Bertz CT molecular complexity index is 955. The smallest absolute Gasteiger partial charge is 0.338 e. The lowest BCUT2D eigenvalue weighted by Gasteiger charge is -2.05. The van der Waals surface area contributed by atoms with E-state index >= 15 is 0 Å². The topological polar surface area (TPSA) is 68.5 Å². The summed E-state index contributed by atoms with van der Waals surface area (Å²) in [6, 6.07) is 15.6. The molecule has 0 saturated carbocycles. The summed E-state index contributed by atoms with van der Waals surface area (Å²) in [6.45, 7) is 0. The van der Waals surface area contributed by atoms with Crippen molar-refractivity contribution < 1.29 is 13.9 Å². The number of nitrogens with one attached hydrogen (secondary N) is 1. The molecule has 0 unspecified atom stereocenters. The molecule has 3 aromatic rings. The number of hydrogen-bond donors (Lipinski definition) is 1. The van der Waals surface area contributed by atoms with Crippen molar-refractivity contribution in [2.24, 2.45) is 0 Å². The van der Waals surface area contributed by atoms with Gasteiger partial charge < -0.3 is 14.5 Å². The van der Waals surface area contributed by atoms with Crippen LogP contribution in [0.4, 0.5) is 5.69 Å². The van der Waals surface area contributed by atoms with E-state index < -0.39 is 5.63 Å². The van der Waals surface area contributed by atoms with E-state index in [9.17, 15) is 9.59 Å². The van der Waals surface area contributed by atoms with E-state index in [1.54, 1.807) is 31.4 Å². The Kier molecular flexibility index (Phi) is 4.43. The third-order valence-electron chi connectivity index (χ3n) is 3.45. The summed E-state index contributed by atoms with van der Waals surface area (Å²) in [5, 5.41) is 3.38. The van der Waals surface area contributed by atoms with Gasteiger partial charge in [-0.05, 0) is 35.9 Å². The van der Waals surface area contributed by atoms with Crippen LogP contribution < -0.4 is 15.7 Å². The molecule has 0 spiro atoms. The highest BCUT2D eigenvalue weighted by Gasteiger charge is 2.06. The number of rotatable bonds is 4. The summed E-state index contributed by atoms with van der Waals surface area (Å²) in [5.41, 5.74) is 1.21. The second-order valence-electron chi connectivity index (χ2n) is 5.07. The molecule has 0 radical (unpaired) electrons. The summed E-state index contributed by atoms with van der Waals surface area (Å²) in [5.74, 6) is 0.417. The molecule has 0 bridgehead atoms.